The van der Waals surface area contributed by atoms with Crippen LogP contribution in [0.1, 0.15) is 34.1 Å². The minimum atomic E-state index is -0.787. The van der Waals surface area contributed by atoms with Crippen molar-refractivity contribution in [1.29, 1.82) is 0 Å². The van der Waals surface area contributed by atoms with E-state index in [-0.39, 0.29) is 5.91 Å². The van der Waals surface area contributed by atoms with Crippen LogP contribution in [0.15, 0.2) is 0 Å². The molecule has 88 valence electrons. The predicted octanol–water partition coefficient (Wildman–Crippen LogP) is 0.680. The summed E-state index contributed by atoms with van der Waals surface area (Å²) in [5.74, 6) is -0.610. The van der Waals surface area contributed by atoms with Gasteiger partial charge >= 0.3 is 0 Å². The van der Waals surface area contributed by atoms with Crippen molar-refractivity contribution in [2.45, 2.75) is 34.1 Å². The summed E-state index contributed by atoms with van der Waals surface area (Å²) in [5, 5.41) is 11.1. The molecule has 0 aromatic carbocycles. The Morgan fingerprint density at radius 2 is 1.47 bits per heavy atom. The van der Waals surface area contributed by atoms with E-state index in [1.165, 1.54) is 0 Å². The summed E-state index contributed by atoms with van der Waals surface area (Å²) in [7, 11) is 1.56. The second-order valence-electron chi connectivity index (χ2n) is 4.96. The van der Waals surface area contributed by atoms with E-state index in [1.54, 1.807) is 40.2 Å². The number of carbonyl (C=O) groups is 2. The Hall–Kier alpha value is -1.10. The lowest BCUT2D eigenvalue weighted by atomic mass is 9.74. The van der Waals surface area contributed by atoms with E-state index in [2.05, 4.69) is 5.32 Å². The van der Waals surface area contributed by atoms with Crippen molar-refractivity contribution >= 4 is 11.8 Å². The van der Waals surface area contributed by atoms with Gasteiger partial charge in [0, 0.05) is 17.9 Å². The molecule has 0 aromatic rings. The standard InChI is InChI=1S/C10H20N2O3/c1-9(2,7(13)11-5)6-10(3,4)8(14)12-15/h15H,6H2,1-5H3,(H,11,13)(H,12,14). The van der Waals surface area contributed by atoms with Crippen molar-refractivity contribution in [2.24, 2.45) is 10.8 Å². The molecular formula is C10H20N2O3. The average Bonchev–Trinajstić information content (AvgIpc) is 2.13. The van der Waals surface area contributed by atoms with Crippen LogP contribution in [0, 0.1) is 10.8 Å². The number of rotatable bonds is 4. The van der Waals surface area contributed by atoms with Gasteiger partial charge in [0.05, 0.1) is 0 Å². The second-order valence-corrected chi connectivity index (χ2v) is 4.96. The van der Waals surface area contributed by atoms with Crippen LogP contribution in [0.5, 0.6) is 0 Å². The van der Waals surface area contributed by atoms with E-state index in [9.17, 15) is 9.59 Å². The van der Waals surface area contributed by atoms with E-state index >= 15 is 0 Å². The second kappa shape index (κ2) is 4.61. The Bertz CT molecular complexity index is 233. The highest BCUT2D eigenvalue weighted by Crippen LogP contribution is 2.33. The molecule has 0 radical (unpaired) electrons. The Kier molecular flexibility index (Phi) is 4.27. The maximum atomic E-state index is 11.5. The summed E-state index contributed by atoms with van der Waals surface area (Å²) in [5.41, 5.74) is 0.179. The minimum absolute atomic E-state index is 0.124. The lowest BCUT2D eigenvalue weighted by molar-refractivity contribution is -0.141. The molecule has 5 heteroatoms. The maximum Gasteiger partial charge on any atom is 0.249 e. The smallest absolute Gasteiger partial charge is 0.249 e. The van der Waals surface area contributed by atoms with Gasteiger partial charge in [-0.15, -0.1) is 0 Å². The zero-order valence-electron chi connectivity index (χ0n) is 9.97. The first-order valence-electron chi connectivity index (χ1n) is 4.84. The van der Waals surface area contributed by atoms with Crippen LogP contribution in [0.2, 0.25) is 0 Å². The van der Waals surface area contributed by atoms with E-state index in [0.29, 0.717) is 6.42 Å². The van der Waals surface area contributed by atoms with E-state index in [4.69, 9.17) is 5.21 Å². The van der Waals surface area contributed by atoms with Crippen LogP contribution in [0.25, 0.3) is 0 Å². The van der Waals surface area contributed by atoms with Gasteiger partial charge < -0.3 is 5.32 Å². The number of carbonyl (C=O) groups excluding carboxylic acids is 2. The molecule has 0 saturated carbocycles. The molecule has 0 aliphatic carbocycles. The third-order valence-electron chi connectivity index (χ3n) is 2.44. The molecular weight excluding hydrogens is 196 g/mol. The summed E-state index contributed by atoms with van der Waals surface area (Å²) in [6, 6.07) is 0. The van der Waals surface area contributed by atoms with E-state index < -0.39 is 16.7 Å². The van der Waals surface area contributed by atoms with Gasteiger partial charge in [0.15, 0.2) is 0 Å². The van der Waals surface area contributed by atoms with Crippen LogP contribution >= 0.6 is 0 Å². The van der Waals surface area contributed by atoms with Gasteiger partial charge in [0.2, 0.25) is 11.8 Å². The Morgan fingerprint density at radius 3 is 1.80 bits per heavy atom. The van der Waals surface area contributed by atoms with Crippen LogP contribution < -0.4 is 10.8 Å². The van der Waals surface area contributed by atoms with Crippen molar-refractivity contribution < 1.29 is 14.8 Å². The van der Waals surface area contributed by atoms with Crippen LogP contribution in [0.4, 0.5) is 0 Å². The number of amides is 2. The molecule has 2 amide bonds. The molecule has 0 heterocycles. The van der Waals surface area contributed by atoms with Crippen LogP contribution in [0.3, 0.4) is 0 Å². The maximum absolute atomic E-state index is 11.5. The fraction of sp³-hybridized carbons (Fsp3) is 0.800. The first kappa shape index (κ1) is 13.9. The molecule has 0 rings (SSSR count). The third-order valence-corrected chi connectivity index (χ3v) is 2.44. The molecule has 0 saturated heterocycles. The average molecular weight is 216 g/mol. The molecule has 0 aromatic heterocycles. The van der Waals surface area contributed by atoms with Crippen molar-refractivity contribution in [3.63, 3.8) is 0 Å². The Labute approximate surface area is 90.2 Å². The first-order valence-corrected chi connectivity index (χ1v) is 4.84. The zero-order chi connectivity index (χ0) is 12.3. The molecule has 0 fully saturated rings. The monoisotopic (exact) mass is 216 g/mol. The predicted molar refractivity (Wildman–Crippen MR) is 56.2 cm³/mol. The Balaban J connectivity index is 4.71. The lowest BCUT2D eigenvalue weighted by Crippen LogP contribution is -2.43. The number of nitrogens with one attached hydrogen (secondary N) is 2. The highest BCUT2D eigenvalue weighted by Gasteiger charge is 2.38. The largest absolute Gasteiger partial charge is 0.359 e. The van der Waals surface area contributed by atoms with Gasteiger partial charge in [0.1, 0.15) is 0 Å². The molecule has 0 bridgehead atoms. The molecule has 3 N–H and O–H groups in total. The third kappa shape index (κ3) is 3.51. The molecule has 0 unspecified atom stereocenters. The van der Waals surface area contributed by atoms with E-state index in [1.807, 2.05) is 0 Å². The molecule has 0 aliphatic rings. The summed E-state index contributed by atoms with van der Waals surface area (Å²) in [4.78, 5) is 22.8. The SMILES string of the molecule is CNC(=O)C(C)(C)CC(C)(C)C(=O)NO. The van der Waals surface area contributed by atoms with Gasteiger partial charge in [-0.2, -0.15) is 0 Å². The summed E-state index contributed by atoms with van der Waals surface area (Å²) >= 11 is 0. The highest BCUT2D eigenvalue weighted by molar-refractivity contribution is 5.84. The number of hydroxylamine groups is 1. The van der Waals surface area contributed by atoms with Gasteiger partial charge in [-0.1, -0.05) is 27.7 Å². The van der Waals surface area contributed by atoms with Crippen molar-refractivity contribution in [1.82, 2.24) is 10.8 Å². The quantitative estimate of drug-likeness (QED) is 0.477. The summed E-state index contributed by atoms with van der Waals surface area (Å²) in [6.45, 7) is 6.89. The van der Waals surface area contributed by atoms with Crippen molar-refractivity contribution in [3.05, 3.63) is 0 Å². The highest BCUT2D eigenvalue weighted by atomic mass is 16.5. The van der Waals surface area contributed by atoms with Gasteiger partial charge in [-0.05, 0) is 6.42 Å². The summed E-state index contributed by atoms with van der Waals surface area (Å²) < 4.78 is 0. The van der Waals surface area contributed by atoms with Crippen LogP contribution in [-0.4, -0.2) is 24.1 Å². The molecule has 0 atom stereocenters. The van der Waals surface area contributed by atoms with Gasteiger partial charge in [-0.25, -0.2) is 5.48 Å². The molecule has 0 spiro atoms. The van der Waals surface area contributed by atoms with E-state index in [0.717, 1.165) is 0 Å². The Morgan fingerprint density at radius 1 is 1.07 bits per heavy atom. The lowest BCUT2D eigenvalue weighted by Gasteiger charge is -2.31. The number of hydrogen-bond donors (Lipinski definition) is 3. The van der Waals surface area contributed by atoms with Crippen molar-refractivity contribution in [2.75, 3.05) is 7.05 Å². The first-order chi connectivity index (χ1) is 6.67. The molecule has 5 nitrogen and oxygen atoms in total. The molecule has 15 heavy (non-hydrogen) atoms. The number of hydrogen-bond acceptors (Lipinski definition) is 3. The minimum Gasteiger partial charge on any atom is -0.359 e. The van der Waals surface area contributed by atoms with Gasteiger partial charge in [0.25, 0.3) is 0 Å². The fourth-order valence-electron chi connectivity index (χ4n) is 1.76. The zero-order valence-corrected chi connectivity index (χ0v) is 9.97. The van der Waals surface area contributed by atoms with Gasteiger partial charge in [-0.3, -0.25) is 14.8 Å². The normalized spacial score (nSPS) is 12.1. The van der Waals surface area contributed by atoms with Crippen molar-refractivity contribution in [3.8, 4) is 0 Å². The summed E-state index contributed by atoms with van der Waals surface area (Å²) in [6.07, 6.45) is 0.353. The van der Waals surface area contributed by atoms with Crippen LogP contribution in [-0.2, 0) is 9.59 Å². The molecule has 0 aliphatic heterocycles. The topological polar surface area (TPSA) is 78.4 Å². The fourth-order valence-corrected chi connectivity index (χ4v) is 1.76.